The molecule has 0 spiro atoms. The van der Waals surface area contributed by atoms with Crippen LogP contribution in [0.15, 0.2) is 48.5 Å². The maximum atomic E-state index is 5.63. The largest absolute Gasteiger partial charge is 0.349 e. The first kappa shape index (κ1) is 17.0. The van der Waals surface area contributed by atoms with Crippen LogP contribution >= 0.6 is 12.2 Å². The molecule has 2 aromatic carbocycles. The molecule has 0 saturated carbocycles. The summed E-state index contributed by atoms with van der Waals surface area (Å²) in [6.07, 6.45) is 3.61. The molecule has 0 unspecified atom stereocenters. The highest BCUT2D eigenvalue weighted by Gasteiger charge is 2.21. The van der Waals surface area contributed by atoms with Crippen LogP contribution in [0.4, 0.5) is 5.69 Å². The third-order valence-corrected chi connectivity index (χ3v) is 5.25. The van der Waals surface area contributed by atoms with E-state index in [1.807, 2.05) is 0 Å². The van der Waals surface area contributed by atoms with Crippen LogP contribution in [0.2, 0.25) is 0 Å². The first-order valence-corrected chi connectivity index (χ1v) is 9.20. The summed E-state index contributed by atoms with van der Waals surface area (Å²) in [4.78, 5) is 2.32. The molecule has 24 heavy (non-hydrogen) atoms. The lowest BCUT2D eigenvalue weighted by Crippen LogP contribution is -2.41. The van der Waals surface area contributed by atoms with E-state index in [2.05, 4.69) is 72.6 Å². The highest BCUT2D eigenvalue weighted by Crippen LogP contribution is 2.23. The van der Waals surface area contributed by atoms with Gasteiger partial charge in [0, 0.05) is 18.8 Å². The summed E-state index contributed by atoms with van der Waals surface area (Å²) in [6.45, 7) is 6.35. The molecule has 3 rings (SSSR count). The number of piperidine rings is 1. The molecule has 0 bridgehead atoms. The van der Waals surface area contributed by atoms with Crippen molar-refractivity contribution in [1.82, 2.24) is 4.90 Å². The van der Waals surface area contributed by atoms with Crippen LogP contribution in [-0.2, 0) is 6.42 Å². The minimum atomic E-state index is 0.771. The van der Waals surface area contributed by atoms with Crippen molar-refractivity contribution < 1.29 is 0 Å². The molecule has 126 valence electrons. The predicted octanol–water partition coefficient (Wildman–Crippen LogP) is 4.95. The monoisotopic (exact) mass is 338 g/mol. The highest BCUT2D eigenvalue weighted by atomic mass is 32.1. The van der Waals surface area contributed by atoms with Gasteiger partial charge < -0.3 is 10.2 Å². The molecule has 1 heterocycles. The van der Waals surface area contributed by atoms with Crippen LogP contribution < -0.4 is 5.32 Å². The van der Waals surface area contributed by atoms with E-state index in [1.54, 1.807) is 0 Å². The molecule has 0 atom stereocenters. The SMILES string of the molecule is Cc1ccc(NC(=S)N2CCC(Cc3ccccc3)CC2)c(C)c1. The average Bonchev–Trinajstić information content (AvgIpc) is 2.59. The van der Waals surface area contributed by atoms with Gasteiger partial charge in [-0.25, -0.2) is 0 Å². The number of thiocarbonyl (C=S) groups is 1. The van der Waals surface area contributed by atoms with Crippen LogP contribution in [0, 0.1) is 19.8 Å². The number of aryl methyl sites for hydroxylation is 2. The summed E-state index contributed by atoms with van der Waals surface area (Å²) in [5, 5.41) is 4.29. The van der Waals surface area contributed by atoms with Crippen molar-refractivity contribution in [2.75, 3.05) is 18.4 Å². The molecular formula is C21H26N2S. The van der Waals surface area contributed by atoms with Gasteiger partial charge in [-0.3, -0.25) is 0 Å². The number of nitrogens with zero attached hydrogens (tertiary/aromatic N) is 1. The zero-order chi connectivity index (χ0) is 16.9. The number of hydrogen-bond donors (Lipinski definition) is 1. The number of benzene rings is 2. The lowest BCUT2D eigenvalue weighted by Gasteiger charge is -2.34. The Hall–Kier alpha value is -1.87. The van der Waals surface area contributed by atoms with E-state index in [0.29, 0.717) is 0 Å². The molecule has 0 radical (unpaired) electrons. The molecule has 1 fully saturated rings. The van der Waals surface area contributed by atoms with Gasteiger partial charge in [-0.2, -0.15) is 0 Å². The average molecular weight is 339 g/mol. The van der Waals surface area contributed by atoms with E-state index in [9.17, 15) is 0 Å². The van der Waals surface area contributed by atoms with Crippen molar-refractivity contribution in [2.45, 2.75) is 33.1 Å². The zero-order valence-corrected chi connectivity index (χ0v) is 15.4. The minimum Gasteiger partial charge on any atom is -0.349 e. The number of hydrogen-bond acceptors (Lipinski definition) is 1. The Labute approximate surface area is 150 Å². The van der Waals surface area contributed by atoms with E-state index in [4.69, 9.17) is 12.2 Å². The van der Waals surface area contributed by atoms with Gasteiger partial charge in [0.2, 0.25) is 0 Å². The van der Waals surface area contributed by atoms with Crippen LogP contribution in [0.25, 0.3) is 0 Å². The Morgan fingerprint density at radius 3 is 2.46 bits per heavy atom. The summed E-state index contributed by atoms with van der Waals surface area (Å²) in [5.74, 6) is 0.771. The van der Waals surface area contributed by atoms with Gasteiger partial charge in [-0.15, -0.1) is 0 Å². The van der Waals surface area contributed by atoms with Crippen LogP contribution in [0.1, 0.15) is 29.5 Å². The van der Waals surface area contributed by atoms with E-state index < -0.39 is 0 Å². The molecule has 0 amide bonds. The first-order chi connectivity index (χ1) is 11.6. The summed E-state index contributed by atoms with van der Waals surface area (Å²) in [6, 6.07) is 17.3. The molecule has 2 aromatic rings. The van der Waals surface area contributed by atoms with E-state index in [-0.39, 0.29) is 0 Å². The Balaban J connectivity index is 1.51. The van der Waals surface area contributed by atoms with Gasteiger partial charge in [0.15, 0.2) is 5.11 Å². The van der Waals surface area contributed by atoms with Gasteiger partial charge >= 0.3 is 0 Å². The van der Waals surface area contributed by atoms with Crippen molar-refractivity contribution in [1.29, 1.82) is 0 Å². The second kappa shape index (κ2) is 7.80. The molecule has 1 aliphatic heterocycles. The second-order valence-corrected chi connectivity index (χ2v) is 7.26. The van der Waals surface area contributed by atoms with Gasteiger partial charge in [0.1, 0.15) is 0 Å². The van der Waals surface area contributed by atoms with Crippen molar-refractivity contribution in [2.24, 2.45) is 5.92 Å². The third kappa shape index (κ3) is 4.35. The van der Waals surface area contributed by atoms with E-state index >= 15 is 0 Å². The Bertz CT molecular complexity index is 688. The Kier molecular flexibility index (Phi) is 5.52. The molecule has 1 saturated heterocycles. The van der Waals surface area contributed by atoms with Gasteiger partial charge in [-0.1, -0.05) is 48.0 Å². The lowest BCUT2D eigenvalue weighted by molar-refractivity contribution is 0.268. The maximum Gasteiger partial charge on any atom is 0.173 e. The van der Waals surface area contributed by atoms with Crippen molar-refractivity contribution >= 4 is 23.0 Å². The normalized spacial score (nSPS) is 15.3. The van der Waals surface area contributed by atoms with Gasteiger partial charge in [-0.05, 0) is 68.4 Å². The number of rotatable bonds is 3. The summed E-state index contributed by atoms with van der Waals surface area (Å²) in [5.41, 5.74) is 5.10. The van der Waals surface area contributed by atoms with Crippen molar-refractivity contribution in [3.8, 4) is 0 Å². The van der Waals surface area contributed by atoms with Crippen molar-refractivity contribution in [3.05, 3.63) is 65.2 Å². The van der Waals surface area contributed by atoms with E-state index in [0.717, 1.165) is 29.8 Å². The molecule has 1 N–H and O–H groups in total. The van der Waals surface area contributed by atoms with Crippen molar-refractivity contribution in [3.63, 3.8) is 0 Å². The fourth-order valence-electron chi connectivity index (χ4n) is 3.44. The maximum absolute atomic E-state index is 5.63. The summed E-state index contributed by atoms with van der Waals surface area (Å²) >= 11 is 5.63. The van der Waals surface area contributed by atoms with Crippen LogP contribution in [-0.4, -0.2) is 23.1 Å². The summed E-state index contributed by atoms with van der Waals surface area (Å²) in [7, 11) is 0. The number of anilines is 1. The van der Waals surface area contributed by atoms with Crippen LogP contribution in [0.5, 0.6) is 0 Å². The highest BCUT2D eigenvalue weighted by molar-refractivity contribution is 7.80. The zero-order valence-electron chi connectivity index (χ0n) is 14.6. The molecule has 2 nitrogen and oxygen atoms in total. The second-order valence-electron chi connectivity index (χ2n) is 6.87. The number of nitrogens with one attached hydrogen (secondary N) is 1. The smallest absolute Gasteiger partial charge is 0.173 e. The third-order valence-electron chi connectivity index (χ3n) is 4.89. The molecular weight excluding hydrogens is 312 g/mol. The summed E-state index contributed by atoms with van der Waals surface area (Å²) < 4.78 is 0. The minimum absolute atomic E-state index is 0.771. The van der Waals surface area contributed by atoms with Gasteiger partial charge in [0.25, 0.3) is 0 Å². The predicted molar refractivity (Wildman–Crippen MR) is 107 cm³/mol. The van der Waals surface area contributed by atoms with Gasteiger partial charge in [0.05, 0.1) is 0 Å². The fraction of sp³-hybridized carbons (Fsp3) is 0.381. The molecule has 3 heteroatoms. The Morgan fingerprint density at radius 1 is 1.08 bits per heavy atom. The van der Waals surface area contributed by atoms with Crippen LogP contribution in [0.3, 0.4) is 0 Å². The standard InChI is InChI=1S/C21H26N2S/c1-16-8-9-20(17(2)14-16)22-21(24)23-12-10-19(11-13-23)15-18-6-4-3-5-7-18/h3-9,14,19H,10-13,15H2,1-2H3,(H,22,24). The first-order valence-electron chi connectivity index (χ1n) is 8.79. The molecule has 0 aromatic heterocycles. The molecule has 1 aliphatic rings. The topological polar surface area (TPSA) is 15.3 Å². The Morgan fingerprint density at radius 2 is 1.79 bits per heavy atom. The number of likely N-dealkylation sites (tertiary alicyclic amines) is 1. The lowest BCUT2D eigenvalue weighted by atomic mass is 9.90. The fourth-order valence-corrected chi connectivity index (χ4v) is 3.73. The van der Waals surface area contributed by atoms with E-state index in [1.165, 1.54) is 36.0 Å². The quantitative estimate of drug-likeness (QED) is 0.797. The molecule has 0 aliphatic carbocycles.